The maximum absolute atomic E-state index is 13.4. The summed E-state index contributed by atoms with van der Waals surface area (Å²) < 4.78 is 0. The molecular weight excluding hydrogens is 484 g/mol. The zero-order valence-corrected chi connectivity index (χ0v) is 20.6. The van der Waals surface area contributed by atoms with Crippen LogP contribution in [0.25, 0.3) is 0 Å². The molecule has 1 aliphatic heterocycles. The lowest BCUT2D eigenvalue weighted by atomic mass is 10.0. The van der Waals surface area contributed by atoms with Crippen LogP contribution in [0, 0.1) is 0 Å². The van der Waals surface area contributed by atoms with Crippen LogP contribution in [0.2, 0.25) is 0 Å². The predicted octanol–water partition coefficient (Wildman–Crippen LogP) is -1.69. The number of aromatic hydroxyl groups is 1. The number of benzene rings is 1. The van der Waals surface area contributed by atoms with Gasteiger partial charge in [0.1, 0.15) is 23.9 Å². The Morgan fingerprint density at radius 3 is 2.27 bits per heavy atom. The van der Waals surface area contributed by atoms with Crippen molar-refractivity contribution in [3.05, 3.63) is 29.8 Å². The molecule has 1 fully saturated rings. The van der Waals surface area contributed by atoms with Gasteiger partial charge in [-0.15, -0.1) is 0 Å². The predicted molar refractivity (Wildman–Crippen MR) is 133 cm³/mol. The van der Waals surface area contributed by atoms with Crippen LogP contribution in [0.1, 0.15) is 44.1 Å². The molecule has 4 atom stereocenters. The summed E-state index contributed by atoms with van der Waals surface area (Å²) in [4.78, 5) is 63.3. The van der Waals surface area contributed by atoms with E-state index in [0.29, 0.717) is 37.8 Å². The number of carbonyl (C=O) groups is 5. The number of carbonyl (C=O) groups excluding carboxylic acids is 4. The maximum atomic E-state index is 13.4. The molecule has 0 bridgehead atoms. The van der Waals surface area contributed by atoms with Crippen LogP contribution in [0.5, 0.6) is 5.75 Å². The van der Waals surface area contributed by atoms with Gasteiger partial charge in [0.25, 0.3) is 0 Å². The highest BCUT2D eigenvalue weighted by molar-refractivity contribution is 5.95. The van der Waals surface area contributed by atoms with Crippen LogP contribution in [0.3, 0.4) is 0 Å². The Morgan fingerprint density at radius 2 is 1.68 bits per heavy atom. The summed E-state index contributed by atoms with van der Waals surface area (Å²) in [5.74, 6) is -3.87. The second-order valence-corrected chi connectivity index (χ2v) is 9.08. The number of aliphatic carboxylic acids is 1. The number of nitrogens with one attached hydrogen (secondary N) is 2. The van der Waals surface area contributed by atoms with E-state index < -0.39 is 60.2 Å². The average molecular weight is 521 g/mol. The number of unbranched alkanes of at least 4 members (excludes halogenated alkanes) is 1. The van der Waals surface area contributed by atoms with Crippen molar-refractivity contribution >= 4 is 29.6 Å². The highest BCUT2D eigenvalue weighted by Crippen LogP contribution is 2.20. The van der Waals surface area contributed by atoms with E-state index >= 15 is 0 Å². The molecule has 4 amide bonds. The van der Waals surface area contributed by atoms with Gasteiger partial charge in [-0.25, -0.2) is 4.79 Å². The Hall–Kier alpha value is -3.71. The molecule has 1 saturated heterocycles. The first-order chi connectivity index (χ1) is 17.5. The Morgan fingerprint density at radius 1 is 1.03 bits per heavy atom. The van der Waals surface area contributed by atoms with E-state index in [-0.39, 0.29) is 25.1 Å². The fraction of sp³-hybridized carbons (Fsp3) is 0.542. The molecule has 0 saturated carbocycles. The summed E-state index contributed by atoms with van der Waals surface area (Å²) in [6.07, 6.45) is 1.75. The van der Waals surface area contributed by atoms with Gasteiger partial charge in [-0.2, -0.15) is 0 Å². The van der Waals surface area contributed by atoms with Gasteiger partial charge in [-0.1, -0.05) is 12.1 Å². The highest BCUT2D eigenvalue weighted by Gasteiger charge is 2.38. The van der Waals surface area contributed by atoms with E-state index in [2.05, 4.69) is 10.6 Å². The summed E-state index contributed by atoms with van der Waals surface area (Å²) >= 11 is 0. The van der Waals surface area contributed by atoms with Gasteiger partial charge in [0, 0.05) is 13.0 Å². The van der Waals surface area contributed by atoms with Crippen molar-refractivity contribution in [3.8, 4) is 5.75 Å². The highest BCUT2D eigenvalue weighted by atomic mass is 16.4. The zero-order chi connectivity index (χ0) is 27.5. The quantitative estimate of drug-likeness (QED) is 0.138. The molecule has 4 unspecified atom stereocenters. The summed E-state index contributed by atoms with van der Waals surface area (Å²) in [6, 6.07) is 1.50. The number of primary amides is 1. The van der Waals surface area contributed by atoms with E-state index in [0.717, 1.165) is 0 Å². The van der Waals surface area contributed by atoms with Crippen molar-refractivity contribution in [1.29, 1.82) is 0 Å². The third-order valence-electron chi connectivity index (χ3n) is 6.15. The van der Waals surface area contributed by atoms with Crippen LogP contribution in [0.15, 0.2) is 24.3 Å². The molecule has 0 aliphatic carbocycles. The molecule has 1 aromatic rings. The summed E-state index contributed by atoms with van der Waals surface area (Å²) in [6.45, 7) is 0.641. The van der Waals surface area contributed by atoms with E-state index in [9.17, 15) is 34.2 Å². The molecular formula is C24H36N6O7. The maximum Gasteiger partial charge on any atom is 0.326 e. The molecule has 13 nitrogen and oxygen atoms in total. The lowest BCUT2D eigenvalue weighted by molar-refractivity contribution is -0.149. The Labute approximate surface area is 214 Å². The van der Waals surface area contributed by atoms with Gasteiger partial charge in [-0.3, -0.25) is 19.2 Å². The minimum atomic E-state index is -1.28. The number of carboxylic acids is 1. The van der Waals surface area contributed by atoms with Gasteiger partial charge in [0.2, 0.25) is 23.6 Å². The number of phenolic OH excluding ortho intramolecular Hbond substituents is 1. The van der Waals surface area contributed by atoms with Crippen LogP contribution in [-0.4, -0.2) is 82.0 Å². The minimum Gasteiger partial charge on any atom is -0.508 e. The molecule has 0 aromatic heterocycles. The summed E-state index contributed by atoms with van der Waals surface area (Å²) in [7, 11) is 0. The summed E-state index contributed by atoms with van der Waals surface area (Å²) in [5, 5.41) is 24.2. The standard InChI is InChI=1S/C24H36N6O7/c25-10-2-1-4-17(23(35)30-11-3-5-19(30)24(36)37)28-22(34)18(12-14-6-8-15(31)9-7-14)29-21(33)16(26)13-20(27)32/h6-9,16-19,31H,1-5,10-13,25-26H2,(H2,27,32)(H,28,34)(H,29,33)(H,36,37). The first-order valence-corrected chi connectivity index (χ1v) is 12.2. The lowest BCUT2D eigenvalue weighted by Crippen LogP contribution is -2.57. The number of carboxylic acid groups (broad SMARTS) is 1. The van der Waals surface area contributed by atoms with E-state index in [1.165, 1.54) is 17.0 Å². The number of nitrogens with two attached hydrogens (primary N) is 3. The van der Waals surface area contributed by atoms with E-state index in [1.807, 2.05) is 0 Å². The van der Waals surface area contributed by atoms with E-state index in [4.69, 9.17) is 17.2 Å². The number of amides is 4. The van der Waals surface area contributed by atoms with Crippen molar-refractivity contribution in [2.24, 2.45) is 17.2 Å². The number of likely N-dealkylation sites (tertiary alicyclic amines) is 1. The van der Waals surface area contributed by atoms with Crippen molar-refractivity contribution < 1.29 is 34.2 Å². The molecule has 13 heteroatoms. The smallest absolute Gasteiger partial charge is 0.326 e. The van der Waals surface area contributed by atoms with Crippen LogP contribution >= 0.6 is 0 Å². The fourth-order valence-electron chi connectivity index (χ4n) is 4.18. The molecule has 1 aliphatic rings. The third-order valence-corrected chi connectivity index (χ3v) is 6.15. The SMILES string of the molecule is NCCCCC(NC(=O)C(Cc1ccc(O)cc1)NC(=O)C(N)CC(N)=O)C(=O)N1CCCC1C(=O)O. The Kier molecular flexibility index (Phi) is 11.3. The largest absolute Gasteiger partial charge is 0.508 e. The average Bonchev–Trinajstić information content (AvgIpc) is 3.34. The van der Waals surface area contributed by atoms with Crippen LogP contribution in [0.4, 0.5) is 0 Å². The Bertz CT molecular complexity index is 971. The molecule has 0 radical (unpaired) electrons. The van der Waals surface area contributed by atoms with Gasteiger partial charge >= 0.3 is 5.97 Å². The molecule has 37 heavy (non-hydrogen) atoms. The van der Waals surface area contributed by atoms with Gasteiger partial charge in [-0.05, 0) is 56.3 Å². The number of hydrogen-bond donors (Lipinski definition) is 7. The molecule has 1 aromatic carbocycles. The molecule has 0 spiro atoms. The van der Waals surface area contributed by atoms with Gasteiger partial charge in [0.05, 0.1) is 12.5 Å². The monoisotopic (exact) mass is 520 g/mol. The second-order valence-electron chi connectivity index (χ2n) is 9.08. The first-order valence-electron chi connectivity index (χ1n) is 12.2. The second kappa shape index (κ2) is 14.1. The minimum absolute atomic E-state index is 0.00762. The van der Waals surface area contributed by atoms with Crippen LogP contribution in [-0.2, 0) is 30.4 Å². The summed E-state index contributed by atoms with van der Waals surface area (Å²) in [5.41, 5.74) is 17.0. The fourth-order valence-corrected chi connectivity index (χ4v) is 4.18. The molecule has 1 heterocycles. The van der Waals surface area contributed by atoms with Crippen molar-refractivity contribution in [1.82, 2.24) is 15.5 Å². The zero-order valence-electron chi connectivity index (χ0n) is 20.6. The number of rotatable bonds is 14. The van der Waals surface area contributed by atoms with E-state index in [1.54, 1.807) is 12.1 Å². The number of hydrogen-bond acceptors (Lipinski definition) is 8. The third kappa shape index (κ3) is 9.03. The normalized spacial score (nSPS) is 17.5. The van der Waals surface area contributed by atoms with Crippen LogP contribution < -0.4 is 27.8 Å². The Balaban J connectivity index is 2.25. The molecule has 204 valence electrons. The van der Waals surface area contributed by atoms with Gasteiger partial charge < -0.3 is 42.9 Å². The number of phenols is 1. The number of nitrogens with zero attached hydrogens (tertiary/aromatic N) is 1. The first kappa shape index (κ1) is 29.5. The van der Waals surface area contributed by atoms with Crippen molar-refractivity contribution in [2.45, 2.75) is 69.1 Å². The topological polar surface area (TPSA) is 231 Å². The lowest BCUT2D eigenvalue weighted by Gasteiger charge is -2.29. The van der Waals surface area contributed by atoms with Crippen molar-refractivity contribution in [3.63, 3.8) is 0 Å². The van der Waals surface area contributed by atoms with Gasteiger partial charge in [0.15, 0.2) is 0 Å². The molecule has 10 N–H and O–H groups in total. The molecule has 2 rings (SSSR count). The van der Waals surface area contributed by atoms with Crippen molar-refractivity contribution in [2.75, 3.05) is 13.1 Å².